The minimum Gasteiger partial charge on any atom is -0.456 e. The van der Waals surface area contributed by atoms with E-state index in [1.807, 2.05) is 49.1 Å². The molecule has 0 spiro atoms. The molecule has 13 aromatic rings. The Morgan fingerprint density at radius 2 is 0.792 bits per heavy atom. The number of nitrogens with one attached hydrogen (secondary N) is 2. The summed E-state index contributed by atoms with van der Waals surface area (Å²) < 4.78 is 11.1. The fraction of sp³-hybridized carbons (Fsp3) is 0.0303. The van der Waals surface area contributed by atoms with Gasteiger partial charge in [-0.25, -0.2) is 0 Å². The molecule has 0 bridgehead atoms. The van der Waals surface area contributed by atoms with Gasteiger partial charge in [0.05, 0.1) is 33.1 Å². The van der Waals surface area contributed by atoms with Crippen LogP contribution in [0.15, 0.2) is 247 Å². The van der Waals surface area contributed by atoms with Crippen LogP contribution in [-0.4, -0.2) is 69.0 Å². The first-order chi connectivity index (χ1) is 38.0. The molecule has 0 amide bonds. The number of aliphatic imine (C=N–C) groups is 2. The van der Waals surface area contributed by atoms with Gasteiger partial charge in [-0.15, -0.1) is 0 Å². The Kier molecular flexibility index (Phi) is 16.0. The van der Waals surface area contributed by atoms with Crippen LogP contribution in [0.2, 0.25) is 0 Å². The molecule has 0 aliphatic carbocycles. The maximum absolute atomic E-state index is 6.51. The molecule has 0 unspecified atom stereocenters. The molecule has 11 nitrogen and oxygen atoms in total. The number of nitrogens with zero attached hydrogens (tertiary/aromatic N) is 8. The molecule has 11 heteroatoms. The van der Waals surface area contributed by atoms with Crippen LogP contribution in [0.4, 0.5) is 0 Å². The average Bonchev–Trinajstić information content (AvgIpc) is 4.38. The summed E-state index contributed by atoms with van der Waals surface area (Å²) in [5, 5.41) is 15.3. The predicted octanol–water partition coefficient (Wildman–Crippen LogP) is 16.3. The van der Waals surface area contributed by atoms with Crippen LogP contribution in [0.3, 0.4) is 0 Å². The average molecular weight is 1000 g/mol. The lowest BCUT2D eigenvalue weighted by Crippen LogP contribution is -1.94. The van der Waals surface area contributed by atoms with E-state index in [1.54, 1.807) is 51.1 Å². The van der Waals surface area contributed by atoms with Crippen LogP contribution >= 0.6 is 0 Å². The highest BCUT2D eigenvalue weighted by Crippen LogP contribution is 2.40. The Balaban J connectivity index is 0.000000467. The second kappa shape index (κ2) is 24.0. The highest BCUT2D eigenvalue weighted by atomic mass is 16.3. The third-order valence-electron chi connectivity index (χ3n) is 12.9. The summed E-state index contributed by atoms with van der Waals surface area (Å²) in [5.74, 6) is 0. The summed E-state index contributed by atoms with van der Waals surface area (Å²) in [7, 11) is 3.42. The van der Waals surface area contributed by atoms with Crippen LogP contribution in [0.1, 0.15) is 0 Å². The van der Waals surface area contributed by atoms with Gasteiger partial charge in [0.1, 0.15) is 11.2 Å². The highest BCUT2D eigenvalue weighted by molar-refractivity contribution is 6.12. The van der Waals surface area contributed by atoms with Crippen molar-refractivity contribution in [1.29, 1.82) is 10.8 Å². The Labute approximate surface area is 446 Å². The van der Waals surface area contributed by atoms with E-state index in [1.165, 1.54) is 0 Å². The second-order valence-electron chi connectivity index (χ2n) is 17.3. The molecular weight excluding hydrogens is 949 g/mol. The van der Waals surface area contributed by atoms with Crippen molar-refractivity contribution < 1.29 is 4.42 Å². The van der Waals surface area contributed by atoms with Crippen LogP contribution < -0.4 is 0 Å². The van der Waals surface area contributed by atoms with Crippen molar-refractivity contribution in [2.75, 3.05) is 14.1 Å². The summed E-state index contributed by atoms with van der Waals surface area (Å²) in [5.41, 5.74) is 18.9. The number of rotatable bonds is 8. The van der Waals surface area contributed by atoms with Crippen LogP contribution in [0, 0.1) is 10.8 Å². The van der Waals surface area contributed by atoms with E-state index in [2.05, 4.69) is 201 Å². The molecule has 0 aliphatic rings. The number of hydrogen-bond acceptors (Lipinski definition) is 9. The zero-order chi connectivity index (χ0) is 53.7. The lowest BCUT2D eigenvalue weighted by atomic mass is 9.99. The maximum atomic E-state index is 6.51. The zero-order valence-corrected chi connectivity index (χ0v) is 42.8. The van der Waals surface area contributed by atoms with Gasteiger partial charge in [-0.05, 0) is 156 Å². The largest absolute Gasteiger partial charge is 0.456 e. The Bertz CT molecular complexity index is 3990. The van der Waals surface area contributed by atoms with Gasteiger partial charge in [0.25, 0.3) is 0 Å². The summed E-state index contributed by atoms with van der Waals surface area (Å²) in [6.45, 7) is 11.8. The summed E-state index contributed by atoms with van der Waals surface area (Å²) in [4.78, 5) is 25.8. The van der Waals surface area contributed by atoms with Crippen LogP contribution in [-0.2, 0) is 0 Å². The lowest BCUT2D eigenvalue weighted by molar-refractivity contribution is 0.669. The van der Waals surface area contributed by atoms with Gasteiger partial charge in [-0.2, -0.15) is 0 Å². The van der Waals surface area contributed by atoms with Crippen molar-refractivity contribution in [2.45, 2.75) is 0 Å². The quantitative estimate of drug-likeness (QED) is 0.146. The smallest absolute Gasteiger partial charge is 0.135 e. The van der Waals surface area contributed by atoms with Crippen molar-refractivity contribution in [3.63, 3.8) is 0 Å². The van der Waals surface area contributed by atoms with E-state index in [-0.39, 0.29) is 0 Å². The van der Waals surface area contributed by atoms with Gasteiger partial charge in [0, 0.05) is 108 Å². The maximum Gasteiger partial charge on any atom is 0.135 e. The Morgan fingerprint density at radius 1 is 0.403 bits per heavy atom. The molecule has 374 valence electrons. The number of hydrogen-bond donors (Lipinski definition) is 2. The first-order valence-electron chi connectivity index (χ1n) is 24.6. The van der Waals surface area contributed by atoms with Gasteiger partial charge >= 0.3 is 0 Å². The lowest BCUT2D eigenvalue weighted by Gasteiger charge is -2.10. The van der Waals surface area contributed by atoms with E-state index in [0.717, 1.165) is 122 Å². The number of aromatic nitrogens is 6. The van der Waals surface area contributed by atoms with Crippen LogP contribution in [0.5, 0.6) is 0 Å². The topological polar surface area (TPSA) is 147 Å². The van der Waals surface area contributed by atoms with Gasteiger partial charge in [0.15, 0.2) is 0 Å². The molecular formula is C66H54N10O. The third-order valence-corrected chi connectivity index (χ3v) is 12.9. The molecule has 13 rings (SSSR count). The number of fused-ring (bicyclic) bond motifs is 9. The monoisotopic (exact) mass is 1000 g/mol. The molecule has 0 aliphatic heterocycles. The van der Waals surface area contributed by atoms with Crippen molar-refractivity contribution >= 4 is 91.7 Å². The molecule has 77 heavy (non-hydrogen) atoms. The molecule has 0 saturated heterocycles. The summed E-state index contributed by atoms with van der Waals surface area (Å²) in [6.07, 6.45) is 17.7. The van der Waals surface area contributed by atoms with Gasteiger partial charge in [-0.1, -0.05) is 86.0 Å². The van der Waals surface area contributed by atoms with Crippen molar-refractivity contribution in [1.82, 2.24) is 29.1 Å². The normalized spacial score (nSPS) is 10.9. The van der Waals surface area contributed by atoms with Gasteiger partial charge < -0.3 is 24.4 Å². The summed E-state index contributed by atoms with van der Waals surface area (Å²) >= 11 is 0. The predicted molar refractivity (Wildman–Crippen MR) is 324 cm³/mol. The Morgan fingerprint density at radius 3 is 1.17 bits per heavy atom. The fourth-order valence-electron chi connectivity index (χ4n) is 9.65. The van der Waals surface area contributed by atoms with Crippen LogP contribution in [0.25, 0.3) is 122 Å². The second-order valence-corrected chi connectivity index (χ2v) is 17.3. The molecule has 0 fully saturated rings. The third kappa shape index (κ3) is 10.4. The standard InChI is InChI=1S/C56H34N6O.2C4H7N.2CH3N/c1-7-35(27-37(9-1)41-11-3-23-57-33-41)39-15-19-49-47(29-39)55-51(13-5-25-59-55)61(49)43-17-21-53-45(31-43)46-32-44(18-22-54(46)63-53)62-50-20-16-40(30-48(50)56-52(62)14-6-26-60-56)36-8-2-10-38(28-36)42-12-4-24-58-34-42;2*1-3-4-5-2;2*1-2/h1-34H;2*3-4H,1H2,2H3;2*2H,1H2. The van der Waals surface area contributed by atoms with Gasteiger partial charge in [-0.3, -0.25) is 29.9 Å². The number of allylic oxidation sites excluding steroid dienone is 2. The van der Waals surface area contributed by atoms with Crippen molar-refractivity contribution in [3.8, 4) is 55.9 Å². The minimum atomic E-state index is 0.836. The molecule has 6 aromatic carbocycles. The van der Waals surface area contributed by atoms with E-state index < -0.39 is 0 Å². The number of benzene rings is 6. The molecule has 0 radical (unpaired) electrons. The first kappa shape index (κ1) is 51.4. The highest BCUT2D eigenvalue weighted by Gasteiger charge is 2.19. The number of furan rings is 1. The van der Waals surface area contributed by atoms with E-state index in [4.69, 9.17) is 25.2 Å². The Hall–Kier alpha value is -10.5. The fourth-order valence-corrected chi connectivity index (χ4v) is 9.65. The molecule has 2 N–H and O–H groups in total. The van der Waals surface area contributed by atoms with E-state index >= 15 is 0 Å². The molecule has 7 heterocycles. The first-order valence-corrected chi connectivity index (χ1v) is 24.6. The summed E-state index contributed by atoms with van der Waals surface area (Å²) in [6, 6.07) is 60.1. The van der Waals surface area contributed by atoms with Crippen molar-refractivity contribution in [2.24, 2.45) is 9.98 Å². The zero-order valence-electron chi connectivity index (χ0n) is 42.8. The van der Waals surface area contributed by atoms with Crippen molar-refractivity contribution in [3.05, 3.63) is 232 Å². The minimum absolute atomic E-state index is 0.836. The molecule has 0 saturated carbocycles. The van der Waals surface area contributed by atoms with Gasteiger partial charge in [0.2, 0.25) is 0 Å². The number of pyridine rings is 4. The molecule has 7 aromatic heterocycles. The molecule has 0 atom stereocenters. The SMILES string of the molecule is C=CC=NC.C=CC=NC.C=N.C=N.c1cncc(-c2cccc(-c3ccc4c(c3)c3ncccc3n4-c3ccc4oc5ccc(-n6c7ccc(-c8cccc(-c9cccnc9)c8)cc7c7ncccc76)cc5c4c3)c2)c1. The van der Waals surface area contributed by atoms with E-state index in [9.17, 15) is 0 Å². The van der Waals surface area contributed by atoms with E-state index in [0.29, 0.717) is 0 Å².